The first-order valence-corrected chi connectivity index (χ1v) is 13.2. The summed E-state index contributed by atoms with van der Waals surface area (Å²) in [5.41, 5.74) is 6.66. The van der Waals surface area contributed by atoms with E-state index in [9.17, 15) is 4.79 Å². The van der Waals surface area contributed by atoms with Crippen LogP contribution >= 0.6 is 23.4 Å². The molecule has 0 saturated carbocycles. The number of hydrogen-bond acceptors (Lipinski definition) is 5. The number of nitrogens with zero attached hydrogens (tertiary/aromatic N) is 2. The number of thioether (sulfide) groups is 1. The number of oxime groups is 1. The minimum absolute atomic E-state index is 0.0284. The highest BCUT2D eigenvalue weighted by atomic mass is 35.5. The largest absolute Gasteiger partial charge is 0.481 e. The molecule has 1 N–H and O–H groups in total. The molecule has 5 nitrogen and oxygen atoms in total. The van der Waals surface area contributed by atoms with E-state index in [0.717, 1.165) is 28.9 Å². The third kappa shape index (κ3) is 6.90. The lowest BCUT2D eigenvalue weighted by Crippen LogP contribution is -2.49. The van der Waals surface area contributed by atoms with Gasteiger partial charge < -0.3 is 9.94 Å². The van der Waals surface area contributed by atoms with Crippen molar-refractivity contribution in [3.05, 3.63) is 99.6 Å². The molecule has 188 valence electrons. The molecule has 7 heteroatoms. The van der Waals surface area contributed by atoms with Gasteiger partial charge in [-0.25, -0.2) is 0 Å². The molecular formula is C29H31ClN2O3S. The van der Waals surface area contributed by atoms with Crippen LogP contribution in [0.5, 0.6) is 0 Å². The van der Waals surface area contributed by atoms with Crippen LogP contribution in [0.2, 0.25) is 5.02 Å². The third-order valence-electron chi connectivity index (χ3n) is 6.44. The molecule has 4 rings (SSSR count). The predicted octanol–water partition coefficient (Wildman–Crippen LogP) is 6.90. The van der Waals surface area contributed by atoms with E-state index in [-0.39, 0.29) is 11.2 Å². The summed E-state index contributed by atoms with van der Waals surface area (Å²) < 4.78 is 0. The van der Waals surface area contributed by atoms with Gasteiger partial charge in [0.1, 0.15) is 6.61 Å². The van der Waals surface area contributed by atoms with E-state index in [0.29, 0.717) is 24.7 Å². The number of hydrogen-bond donors (Lipinski definition) is 1. The van der Waals surface area contributed by atoms with E-state index >= 15 is 0 Å². The topological polar surface area (TPSA) is 62.1 Å². The monoisotopic (exact) mass is 522 g/mol. The molecule has 1 fully saturated rings. The zero-order chi connectivity index (χ0) is 25.7. The summed E-state index contributed by atoms with van der Waals surface area (Å²) in [6.07, 6.45) is 0. The minimum Gasteiger partial charge on any atom is -0.481 e. The van der Waals surface area contributed by atoms with Crippen molar-refractivity contribution in [3.8, 4) is 0 Å². The van der Waals surface area contributed by atoms with Gasteiger partial charge in [0, 0.05) is 29.6 Å². The standard InChI is InChI=1S/C29H31ClN2O3S/c1-19-7-12-27(13-20(19)2)36-28(24-5-4-6-26(30)14-24)21(3)31-35-18-23-10-8-22(9-11-23)15-32-16-25(17-32)29(33)34/h4-14,25,28H,15-18H2,1-3H3,(H,33,34)/b31-21+. The van der Waals surface area contributed by atoms with Gasteiger partial charge in [-0.1, -0.05) is 59.2 Å². The van der Waals surface area contributed by atoms with Crippen molar-refractivity contribution in [2.24, 2.45) is 11.1 Å². The summed E-state index contributed by atoms with van der Waals surface area (Å²) in [5, 5.41) is 14.2. The van der Waals surface area contributed by atoms with Crippen molar-refractivity contribution in [1.82, 2.24) is 4.90 Å². The van der Waals surface area contributed by atoms with Crippen LogP contribution in [0.1, 0.15) is 40.0 Å². The fourth-order valence-corrected chi connectivity index (χ4v) is 5.46. The molecule has 0 bridgehead atoms. The first kappa shape index (κ1) is 26.3. The number of aryl methyl sites for hydroxylation is 2. The van der Waals surface area contributed by atoms with Crippen molar-refractivity contribution < 1.29 is 14.7 Å². The van der Waals surface area contributed by atoms with Crippen molar-refractivity contribution in [2.75, 3.05) is 13.1 Å². The molecule has 1 heterocycles. The Hall–Kier alpha value is -2.80. The van der Waals surface area contributed by atoms with Crippen molar-refractivity contribution >= 4 is 35.0 Å². The second-order valence-corrected chi connectivity index (χ2v) is 11.0. The number of benzene rings is 3. The predicted molar refractivity (Wildman–Crippen MR) is 147 cm³/mol. The minimum atomic E-state index is -0.709. The zero-order valence-corrected chi connectivity index (χ0v) is 22.4. The van der Waals surface area contributed by atoms with Gasteiger partial charge >= 0.3 is 5.97 Å². The first-order chi connectivity index (χ1) is 17.3. The molecule has 1 unspecified atom stereocenters. The van der Waals surface area contributed by atoms with Crippen LogP contribution in [0.15, 0.2) is 76.8 Å². The molecule has 0 amide bonds. The molecule has 36 heavy (non-hydrogen) atoms. The van der Waals surface area contributed by atoms with E-state index < -0.39 is 5.97 Å². The smallest absolute Gasteiger partial charge is 0.309 e. The number of halogens is 1. The summed E-state index contributed by atoms with van der Waals surface area (Å²) >= 11 is 8.03. The van der Waals surface area contributed by atoms with Crippen molar-refractivity contribution in [1.29, 1.82) is 0 Å². The number of carboxylic acid groups (broad SMARTS) is 1. The Morgan fingerprint density at radius 1 is 1.08 bits per heavy atom. The summed E-state index contributed by atoms with van der Waals surface area (Å²) in [7, 11) is 0. The van der Waals surface area contributed by atoms with Crippen molar-refractivity contribution in [2.45, 2.75) is 44.1 Å². The van der Waals surface area contributed by atoms with Gasteiger partial charge in [0.05, 0.1) is 16.9 Å². The van der Waals surface area contributed by atoms with E-state index in [1.165, 1.54) is 16.0 Å². The number of aliphatic carboxylic acids is 1. The molecule has 1 atom stereocenters. The van der Waals surface area contributed by atoms with Gasteiger partial charge in [-0.05, 0) is 72.9 Å². The molecule has 1 aliphatic rings. The molecule has 0 radical (unpaired) electrons. The molecular weight excluding hydrogens is 492 g/mol. The van der Waals surface area contributed by atoms with Gasteiger partial charge in [0.15, 0.2) is 0 Å². The molecule has 0 aromatic heterocycles. The Kier molecular flexibility index (Phi) is 8.72. The number of rotatable bonds is 10. The Morgan fingerprint density at radius 3 is 2.47 bits per heavy atom. The molecule has 3 aromatic carbocycles. The Labute approximate surface area is 222 Å². The maximum absolute atomic E-state index is 11.0. The summed E-state index contributed by atoms with van der Waals surface area (Å²) in [6, 6.07) is 22.6. The number of likely N-dealkylation sites (tertiary alicyclic amines) is 1. The lowest BCUT2D eigenvalue weighted by molar-refractivity contribution is -0.147. The fraction of sp³-hybridized carbons (Fsp3) is 0.310. The molecule has 0 aliphatic carbocycles. The van der Waals surface area contributed by atoms with E-state index in [2.05, 4.69) is 60.3 Å². The van der Waals surface area contributed by atoms with Gasteiger partial charge in [-0.3, -0.25) is 9.69 Å². The highest BCUT2D eigenvalue weighted by Gasteiger charge is 2.32. The Bertz CT molecular complexity index is 1240. The first-order valence-electron chi connectivity index (χ1n) is 12.0. The Morgan fingerprint density at radius 2 is 1.81 bits per heavy atom. The van der Waals surface area contributed by atoms with Crippen LogP contribution in [0, 0.1) is 19.8 Å². The highest BCUT2D eigenvalue weighted by Crippen LogP contribution is 2.38. The Balaban J connectivity index is 1.38. The van der Waals surface area contributed by atoms with Crippen LogP contribution in [-0.2, 0) is 22.8 Å². The van der Waals surface area contributed by atoms with E-state index in [1.54, 1.807) is 11.8 Å². The third-order valence-corrected chi connectivity index (χ3v) is 8.05. The van der Waals surface area contributed by atoms with Gasteiger partial charge in [-0.2, -0.15) is 0 Å². The summed E-state index contributed by atoms with van der Waals surface area (Å²) in [6.45, 7) is 8.59. The highest BCUT2D eigenvalue weighted by molar-refractivity contribution is 8.00. The zero-order valence-electron chi connectivity index (χ0n) is 20.8. The van der Waals surface area contributed by atoms with Crippen molar-refractivity contribution in [3.63, 3.8) is 0 Å². The van der Waals surface area contributed by atoms with E-state index in [1.807, 2.05) is 37.3 Å². The van der Waals surface area contributed by atoms with Gasteiger partial charge in [0.25, 0.3) is 0 Å². The van der Waals surface area contributed by atoms with Gasteiger partial charge in [-0.15, -0.1) is 11.8 Å². The molecule has 1 saturated heterocycles. The van der Waals surface area contributed by atoms with Crippen LogP contribution in [-0.4, -0.2) is 34.8 Å². The van der Waals surface area contributed by atoms with Crippen LogP contribution < -0.4 is 0 Å². The second-order valence-electron chi connectivity index (χ2n) is 9.35. The average molecular weight is 523 g/mol. The summed E-state index contributed by atoms with van der Waals surface area (Å²) in [5.74, 6) is -0.942. The van der Waals surface area contributed by atoms with Crippen LogP contribution in [0.3, 0.4) is 0 Å². The summed E-state index contributed by atoms with van der Waals surface area (Å²) in [4.78, 5) is 20.0. The SMILES string of the molecule is C/C(=N\OCc1ccc(CN2CC(C(=O)O)C2)cc1)C(Sc1ccc(C)c(C)c1)c1cccc(Cl)c1. The van der Waals surface area contributed by atoms with Crippen LogP contribution in [0.25, 0.3) is 0 Å². The normalized spacial score (nSPS) is 15.4. The maximum Gasteiger partial charge on any atom is 0.309 e. The molecule has 1 aliphatic heterocycles. The number of carboxylic acids is 1. The fourth-order valence-electron chi connectivity index (χ4n) is 4.10. The molecule has 3 aromatic rings. The van der Waals surface area contributed by atoms with Crippen LogP contribution in [0.4, 0.5) is 0 Å². The quantitative estimate of drug-likeness (QED) is 0.178. The maximum atomic E-state index is 11.0. The lowest BCUT2D eigenvalue weighted by Gasteiger charge is -2.36. The van der Waals surface area contributed by atoms with Gasteiger partial charge in [0.2, 0.25) is 0 Å². The van der Waals surface area contributed by atoms with E-state index in [4.69, 9.17) is 21.5 Å². The second kappa shape index (κ2) is 12.0. The lowest BCUT2D eigenvalue weighted by atomic mass is 9.99. The average Bonchev–Trinajstić information content (AvgIpc) is 2.82. The number of carbonyl (C=O) groups is 1. The molecule has 0 spiro atoms.